The molecule has 1 aromatic rings. The van der Waals surface area contributed by atoms with Crippen molar-refractivity contribution in [3.05, 3.63) is 27.7 Å². The van der Waals surface area contributed by atoms with Gasteiger partial charge in [0.05, 0.1) is 17.3 Å². The van der Waals surface area contributed by atoms with Gasteiger partial charge in [-0.2, -0.15) is 0 Å². The van der Waals surface area contributed by atoms with Crippen molar-refractivity contribution in [3.8, 4) is 0 Å². The predicted molar refractivity (Wildman–Crippen MR) is 88.7 cm³/mol. The molecule has 0 spiro atoms. The van der Waals surface area contributed by atoms with Gasteiger partial charge in [-0.1, -0.05) is 27.5 Å². The Morgan fingerprint density at radius 1 is 1.48 bits per heavy atom. The molecule has 0 bridgehead atoms. The number of amides is 1. The monoisotopic (exact) mass is 371 g/mol. The Morgan fingerprint density at radius 2 is 2.33 bits per heavy atom. The van der Waals surface area contributed by atoms with E-state index in [0.717, 1.165) is 24.1 Å². The summed E-state index contributed by atoms with van der Waals surface area (Å²) in [7, 11) is 0. The molecule has 2 saturated heterocycles. The lowest BCUT2D eigenvalue weighted by Gasteiger charge is -2.24. The largest absolute Gasteiger partial charge is 0.324 e. The van der Waals surface area contributed by atoms with Crippen molar-refractivity contribution in [3.63, 3.8) is 0 Å². The highest BCUT2D eigenvalue weighted by molar-refractivity contribution is 9.10. The van der Waals surface area contributed by atoms with Crippen LogP contribution in [0.15, 0.2) is 22.7 Å². The van der Waals surface area contributed by atoms with Crippen LogP contribution in [0.4, 0.5) is 5.69 Å². The van der Waals surface area contributed by atoms with Crippen LogP contribution in [0.3, 0.4) is 0 Å². The number of nitrogens with one attached hydrogen (secondary N) is 2. The summed E-state index contributed by atoms with van der Waals surface area (Å²) in [4.78, 5) is 14.4. The fourth-order valence-electron chi connectivity index (χ4n) is 3.25. The summed E-state index contributed by atoms with van der Waals surface area (Å²) in [5, 5.41) is 6.99. The van der Waals surface area contributed by atoms with E-state index in [-0.39, 0.29) is 5.91 Å². The first-order valence-corrected chi connectivity index (χ1v) is 8.49. The van der Waals surface area contributed by atoms with Crippen molar-refractivity contribution in [2.75, 3.05) is 31.5 Å². The Bertz CT molecular complexity index is 526. The van der Waals surface area contributed by atoms with Gasteiger partial charge in [0.2, 0.25) is 5.91 Å². The second kappa shape index (κ2) is 6.65. The van der Waals surface area contributed by atoms with Crippen molar-refractivity contribution in [2.24, 2.45) is 5.92 Å². The van der Waals surface area contributed by atoms with Crippen LogP contribution < -0.4 is 10.6 Å². The van der Waals surface area contributed by atoms with Crippen molar-refractivity contribution >= 4 is 39.1 Å². The Morgan fingerprint density at radius 3 is 3.10 bits per heavy atom. The fraction of sp³-hybridized carbons (Fsp3) is 0.533. The van der Waals surface area contributed by atoms with Gasteiger partial charge < -0.3 is 10.6 Å². The zero-order chi connectivity index (χ0) is 14.8. The zero-order valence-electron chi connectivity index (χ0n) is 11.7. The van der Waals surface area contributed by atoms with Crippen LogP contribution in [0.25, 0.3) is 0 Å². The number of benzene rings is 1. The summed E-state index contributed by atoms with van der Waals surface area (Å²) < 4.78 is 0.903. The van der Waals surface area contributed by atoms with Crippen LogP contribution in [-0.2, 0) is 4.79 Å². The molecule has 2 aliphatic rings. The maximum atomic E-state index is 12.2. The van der Waals surface area contributed by atoms with E-state index >= 15 is 0 Å². The molecule has 2 atom stereocenters. The minimum atomic E-state index is -0.00197. The number of halogens is 2. The van der Waals surface area contributed by atoms with Gasteiger partial charge in [-0.15, -0.1) is 0 Å². The third kappa shape index (κ3) is 3.77. The number of carbonyl (C=O) groups excluding carboxylic acids is 1. The molecule has 0 aromatic heterocycles. The standard InChI is InChI=1S/C15H19BrClN3O/c16-11-3-4-13(12(17)6-11)19-15(21)9-20-7-10-2-1-5-18-14(10)8-20/h3-4,6,10,14,18H,1-2,5,7-9H2,(H,19,21). The summed E-state index contributed by atoms with van der Waals surface area (Å²) in [6, 6.07) is 6.03. The number of likely N-dealkylation sites (tertiary alicyclic amines) is 1. The van der Waals surface area contributed by atoms with Gasteiger partial charge in [0.25, 0.3) is 0 Å². The van der Waals surface area contributed by atoms with E-state index in [2.05, 4.69) is 31.5 Å². The molecule has 2 N–H and O–H groups in total. The first kappa shape index (κ1) is 15.3. The summed E-state index contributed by atoms with van der Waals surface area (Å²) in [5.74, 6) is 0.695. The Hall–Kier alpha value is -0.620. The second-order valence-electron chi connectivity index (χ2n) is 5.83. The molecule has 2 aliphatic heterocycles. The molecule has 114 valence electrons. The van der Waals surface area contributed by atoms with E-state index in [1.54, 1.807) is 6.07 Å². The number of nitrogens with zero attached hydrogens (tertiary/aromatic N) is 1. The van der Waals surface area contributed by atoms with Crippen molar-refractivity contribution < 1.29 is 4.79 Å². The minimum absolute atomic E-state index is 0.00197. The first-order chi connectivity index (χ1) is 10.1. The van der Waals surface area contributed by atoms with Crippen LogP contribution in [0.1, 0.15) is 12.8 Å². The molecular formula is C15H19BrClN3O. The Kier molecular flexibility index (Phi) is 4.84. The van der Waals surface area contributed by atoms with Gasteiger partial charge in [-0.25, -0.2) is 0 Å². The van der Waals surface area contributed by atoms with Crippen LogP contribution >= 0.6 is 27.5 Å². The average Bonchev–Trinajstić information content (AvgIpc) is 2.84. The minimum Gasteiger partial charge on any atom is -0.324 e. The second-order valence-corrected chi connectivity index (χ2v) is 7.15. The van der Waals surface area contributed by atoms with E-state index in [4.69, 9.17) is 11.6 Å². The first-order valence-electron chi connectivity index (χ1n) is 7.32. The molecule has 1 amide bonds. The van der Waals surface area contributed by atoms with E-state index in [1.807, 2.05) is 12.1 Å². The summed E-state index contributed by atoms with van der Waals surface area (Å²) in [5.41, 5.74) is 0.666. The van der Waals surface area contributed by atoms with Gasteiger partial charge in [0, 0.05) is 23.6 Å². The number of hydrogen-bond acceptors (Lipinski definition) is 3. The highest BCUT2D eigenvalue weighted by Crippen LogP contribution is 2.27. The summed E-state index contributed by atoms with van der Waals surface area (Å²) in [6.45, 7) is 3.52. The third-order valence-corrected chi connectivity index (χ3v) is 5.05. The number of hydrogen-bond donors (Lipinski definition) is 2. The maximum Gasteiger partial charge on any atom is 0.238 e. The third-order valence-electron chi connectivity index (χ3n) is 4.25. The molecule has 0 aliphatic carbocycles. The summed E-state index contributed by atoms with van der Waals surface area (Å²) >= 11 is 9.48. The molecule has 4 nitrogen and oxygen atoms in total. The van der Waals surface area contributed by atoms with E-state index in [1.165, 1.54) is 12.8 Å². The lowest BCUT2D eigenvalue weighted by atomic mass is 9.94. The quantitative estimate of drug-likeness (QED) is 0.857. The lowest BCUT2D eigenvalue weighted by Crippen LogP contribution is -2.41. The van der Waals surface area contributed by atoms with Crippen molar-refractivity contribution in [2.45, 2.75) is 18.9 Å². The number of carbonyl (C=O) groups is 1. The fourth-order valence-corrected chi connectivity index (χ4v) is 3.97. The van der Waals surface area contributed by atoms with Gasteiger partial charge >= 0.3 is 0 Å². The van der Waals surface area contributed by atoms with Gasteiger partial charge in [-0.3, -0.25) is 9.69 Å². The van der Waals surface area contributed by atoms with Gasteiger partial charge in [-0.05, 0) is 43.5 Å². The van der Waals surface area contributed by atoms with E-state index in [9.17, 15) is 4.79 Å². The predicted octanol–water partition coefficient (Wildman–Crippen LogP) is 2.72. The normalized spacial score (nSPS) is 25.6. The molecule has 1 aromatic carbocycles. The zero-order valence-corrected chi connectivity index (χ0v) is 14.1. The lowest BCUT2D eigenvalue weighted by molar-refractivity contribution is -0.117. The highest BCUT2D eigenvalue weighted by Gasteiger charge is 2.34. The van der Waals surface area contributed by atoms with Crippen LogP contribution in [-0.4, -0.2) is 43.0 Å². The molecule has 6 heteroatoms. The average molecular weight is 373 g/mol. The molecular weight excluding hydrogens is 354 g/mol. The maximum absolute atomic E-state index is 12.2. The molecule has 21 heavy (non-hydrogen) atoms. The molecule has 2 heterocycles. The molecule has 0 radical (unpaired) electrons. The highest BCUT2D eigenvalue weighted by atomic mass is 79.9. The number of anilines is 1. The van der Waals surface area contributed by atoms with Crippen LogP contribution in [0.5, 0.6) is 0 Å². The van der Waals surface area contributed by atoms with Crippen molar-refractivity contribution in [1.82, 2.24) is 10.2 Å². The molecule has 2 fully saturated rings. The molecule has 0 saturated carbocycles. The van der Waals surface area contributed by atoms with Gasteiger partial charge in [0.1, 0.15) is 0 Å². The number of rotatable bonds is 3. The number of fused-ring (bicyclic) bond motifs is 1. The van der Waals surface area contributed by atoms with E-state index < -0.39 is 0 Å². The Balaban J connectivity index is 1.55. The smallest absolute Gasteiger partial charge is 0.238 e. The van der Waals surface area contributed by atoms with Crippen molar-refractivity contribution in [1.29, 1.82) is 0 Å². The topological polar surface area (TPSA) is 44.4 Å². The molecule has 3 rings (SSSR count). The SMILES string of the molecule is O=C(CN1CC2CCCNC2C1)Nc1ccc(Br)cc1Cl. The Labute approximate surface area is 138 Å². The summed E-state index contributed by atoms with van der Waals surface area (Å²) in [6.07, 6.45) is 2.52. The van der Waals surface area contributed by atoms with Crippen LogP contribution in [0.2, 0.25) is 5.02 Å². The van der Waals surface area contributed by atoms with E-state index in [0.29, 0.717) is 29.2 Å². The van der Waals surface area contributed by atoms with Crippen LogP contribution in [0, 0.1) is 5.92 Å². The molecule has 2 unspecified atom stereocenters. The number of piperidine rings is 1. The van der Waals surface area contributed by atoms with Gasteiger partial charge in [0.15, 0.2) is 0 Å².